The van der Waals surface area contributed by atoms with Crippen molar-refractivity contribution in [3.63, 3.8) is 0 Å². The highest BCUT2D eigenvalue weighted by Gasteiger charge is 2.22. The third-order valence-electron chi connectivity index (χ3n) is 4.72. The molecule has 0 radical (unpaired) electrons. The number of carbonyl (C=O) groups is 2. The van der Waals surface area contributed by atoms with Crippen LogP contribution >= 0.6 is 0 Å². The summed E-state index contributed by atoms with van der Waals surface area (Å²) >= 11 is 0. The zero-order valence-electron chi connectivity index (χ0n) is 17.7. The third kappa shape index (κ3) is 8.25. The molecule has 0 saturated carbocycles. The number of amides is 2. The Hall–Kier alpha value is -3.94. The van der Waals surface area contributed by atoms with Crippen molar-refractivity contribution in [1.29, 1.82) is 0 Å². The highest BCUT2D eigenvalue weighted by atomic mass is 19.3. The summed E-state index contributed by atoms with van der Waals surface area (Å²) in [5, 5.41) is 5.39. The molecule has 0 spiro atoms. The van der Waals surface area contributed by atoms with Gasteiger partial charge in [0, 0.05) is 13.0 Å². The van der Waals surface area contributed by atoms with Gasteiger partial charge in [-0.05, 0) is 28.8 Å². The number of alkyl halides is 2. The second-order valence-corrected chi connectivity index (χ2v) is 7.19. The fourth-order valence-corrected chi connectivity index (χ4v) is 3.07. The number of carbonyl (C=O) groups excluding carboxylic acids is 2. The van der Waals surface area contributed by atoms with Crippen molar-refractivity contribution in [2.45, 2.75) is 32.2 Å². The van der Waals surface area contributed by atoms with Gasteiger partial charge in [0.1, 0.15) is 18.4 Å². The molecule has 0 aliphatic heterocycles. The number of hydrogen-bond donors (Lipinski definition) is 2. The molecule has 2 N–H and O–H groups in total. The van der Waals surface area contributed by atoms with Crippen molar-refractivity contribution in [3.8, 4) is 5.75 Å². The number of ether oxygens (including phenoxy) is 2. The number of halogens is 2. The van der Waals surface area contributed by atoms with Gasteiger partial charge in [-0.3, -0.25) is 4.79 Å². The zero-order chi connectivity index (χ0) is 23.5. The van der Waals surface area contributed by atoms with Crippen molar-refractivity contribution in [1.82, 2.24) is 10.6 Å². The number of hydrogen-bond acceptors (Lipinski definition) is 4. The Morgan fingerprint density at radius 1 is 0.788 bits per heavy atom. The lowest BCUT2D eigenvalue weighted by atomic mass is 10.1. The fourth-order valence-electron chi connectivity index (χ4n) is 3.07. The average Bonchev–Trinajstić information content (AvgIpc) is 2.82. The normalized spacial score (nSPS) is 11.5. The molecule has 0 saturated heterocycles. The number of nitrogens with one attached hydrogen (secondary N) is 2. The van der Waals surface area contributed by atoms with Gasteiger partial charge >= 0.3 is 12.7 Å². The maximum Gasteiger partial charge on any atom is 0.408 e. The lowest BCUT2D eigenvalue weighted by Gasteiger charge is -2.19. The molecule has 3 aromatic carbocycles. The summed E-state index contributed by atoms with van der Waals surface area (Å²) in [6.07, 6.45) is -0.433. The van der Waals surface area contributed by atoms with Crippen molar-refractivity contribution >= 4 is 12.0 Å². The van der Waals surface area contributed by atoms with Crippen LogP contribution in [0.5, 0.6) is 5.75 Å². The lowest BCUT2D eigenvalue weighted by molar-refractivity contribution is -0.123. The molecule has 3 rings (SSSR count). The van der Waals surface area contributed by atoms with Crippen LogP contribution in [-0.4, -0.2) is 24.7 Å². The van der Waals surface area contributed by atoms with Crippen molar-refractivity contribution in [2.24, 2.45) is 0 Å². The molecule has 33 heavy (non-hydrogen) atoms. The van der Waals surface area contributed by atoms with Crippen molar-refractivity contribution in [2.75, 3.05) is 0 Å². The SMILES string of the molecule is O=C(N[C@@H](Cc1ccccc1)C(=O)NCc1ccc(OC(F)F)cc1)OCc1ccccc1. The molecular formula is C25H24F2N2O4. The Morgan fingerprint density at radius 3 is 2.00 bits per heavy atom. The first-order valence-electron chi connectivity index (χ1n) is 10.3. The second kappa shape index (κ2) is 12.2. The zero-order valence-corrected chi connectivity index (χ0v) is 17.7. The van der Waals surface area contributed by atoms with E-state index >= 15 is 0 Å². The van der Waals surface area contributed by atoms with Crippen LogP contribution in [0.4, 0.5) is 13.6 Å². The van der Waals surface area contributed by atoms with Crippen LogP contribution in [0.2, 0.25) is 0 Å². The first-order valence-corrected chi connectivity index (χ1v) is 10.3. The highest BCUT2D eigenvalue weighted by Crippen LogP contribution is 2.15. The molecule has 0 aromatic heterocycles. The van der Waals surface area contributed by atoms with Crippen LogP contribution in [0.3, 0.4) is 0 Å². The topological polar surface area (TPSA) is 76.7 Å². The van der Waals surface area contributed by atoms with E-state index in [9.17, 15) is 18.4 Å². The Labute approximate surface area is 190 Å². The van der Waals surface area contributed by atoms with Gasteiger partial charge in [-0.25, -0.2) is 4.79 Å². The van der Waals surface area contributed by atoms with E-state index in [1.807, 2.05) is 60.7 Å². The number of alkyl carbamates (subject to hydrolysis) is 1. The molecule has 1 atom stereocenters. The van der Waals surface area contributed by atoms with E-state index in [0.29, 0.717) is 5.56 Å². The smallest absolute Gasteiger partial charge is 0.408 e. The predicted octanol–water partition coefficient (Wildman–Crippen LogP) is 4.44. The van der Waals surface area contributed by atoms with Gasteiger partial charge in [-0.1, -0.05) is 72.8 Å². The van der Waals surface area contributed by atoms with Gasteiger partial charge in [0.2, 0.25) is 5.91 Å². The maximum absolute atomic E-state index is 12.8. The molecule has 0 aliphatic rings. The van der Waals surface area contributed by atoms with E-state index in [2.05, 4.69) is 15.4 Å². The Kier molecular flexibility index (Phi) is 8.76. The first-order chi connectivity index (χ1) is 16.0. The van der Waals surface area contributed by atoms with Crippen molar-refractivity contribution < 1.29 is 27.8 Å². The van der Waals surface area contributed by atoms with E-state index < -0.39 is 24.7 Å². The van der Waals surface area contributed by atoms with Crippen LogP contribution in [0, 0.1) is 0 Å². The summed E-state index contributed by atoms with van der Waals surface area (Å²) in [6.45, 7) is -2.67. The molecule has 172 valence electrons. The predicted molar refractivity (Wildman–Crippen MR) is 119 cm³/mol. The maximum atomic E-state index is 12.8. The summed E-state index contributed by atoms with van der Waals surface area (Å²) in [7, 11) is 0. The Morgan fingerprint density at radius 2 is 1.39 bits per heavy atom. The number of rotatable bonds is 10. The second-order valence-electron chi connectivity index (χ2n) is 7.19. The van der Waals surface area contributed by atoms with Gasteiger partial charge < -0.3 is 20.1 Å². The molecule has 0 heterocycles. The molecule has 0 aliphatic carbocycles. The average molecular weight is 454 g/mol. The van der Waals surface area contributed by atoms with E-state index in [-0.39, 0.29) is 25.3 Å². The summed E-state index contributed by atoms with van der Waals surface area (Å²) in [4.78, 5) is 25.2. The van der Waals surface area contributed by atoms with Crippen LogP contribution in [0.1, 0.15) is 16.7 Å². The molecule has 8 heteroatoms. The molecular weight excluding hydrogens is 430 g/mol. The van der Waals surface area contributed by atoms with Crippen LogP contribution in [0.25, 0.3) is 0 Å². The minimum absolute atomic E-state index is 0.0323. The van der Waals surface area contributed by atoms with Gasteiger partial charge in [0.15, 0.2) is 0 Å². The van der Waals surface area contributed by atoms with Gasteiger partial charge in [-0.2, -0.15) is 8.78 Å². The third-order valence-corrected chi connectivity index (χ3v) is 4.72. The fraction of sp³-hybridized carbons (Fsp3) is 0.200. The number of benzene rings is 3. The molecule has 0 unspecified atom stereocenters. The van der Waals surface area contributed by atoms with E-state index in [1.54, 1.807) is 12.1 Å². The van der Waals surface area contributed by atoms with Crippen LogP contribution < -0.4 is 15.4 Å². The Bertz CT molecular complexity index is 1020. The molecule has 6 nitrogen and oxygen atoms in total. The van der Waals surface area contributed by atoms with E-state index in [4.69, 9.17) is 4.74 Å². The standard InChI is InChI=1S/C25H24F2N2O4/c26-24(27)33-21-13-11-19(12-14-21)16-28-23(30)22(15-18-7-3-1-4-8-18)29-25(31)32-17-20-9-5-2-6-10-20/h1-14,22,24H,15-17H2,(H,28,30)(H,29,31)/t22-/m0/s1. The van der Waals surface area contributed by atoms with Crippen LogP contribution in [-0.2, 0) is 29.1 Å². The summed E-state index contributed by atoms with van der Waals surface area (Å²) in [5.74, 6) is -0.367. The monoisotopic (exact) mass is 454 g/mol. The van der Waals surface area contributed by atoms with Gasteiger partial charge in [-0.15, -0.1) is 0 Å². The van der Waals surface area contributed by atoms with E-state index in [1.165, 1.54) is 12.1 Å². The van der Waals surface area contributed by atoms with Crippen molar-refractivity contribution in [3.05, 3.63) is 102 Å². The summed E-state index contributed by atoms with van der Waals surface area (Å²) < 4.78 is 34.1. The molecule has 0 fully saturated rings. The molecule has 3 aromatic rings. The Balaban J connectivity index is 1.59. The van der Waals surface area contributed by atoms with E-state index in [0.717, 1.165) is 11.1 Å². The lowest BCUT2D eigenvalue weighted by Crippen LogP contribution is -2.48. The van der Waals surface area contributed by atoms with Gasteiger partial charge in [0.05, 0.1) is 0 Å². The minimum Gasteiger partial charge on any atom is -0.445 e. The van der Waals surface area contributed by atoms with Gasteiger partial charge in [0.25, 0.3) is 0 Å². The molecule has 2 amide bonds. The minimum atomic E-state index is -2.90. The first kappa shape index (κ1) is 23.7. The largest absolute Gasteiger partial charge is 0.445 e. The summed E-state index contributed by atoms with van der Waals surface area (Å²) in [6, 6.07) is 23.6. The summed E-state index contributed by atoms with van der Waals surface area (Å²) in [5.41, 5.74) is 2.39. The highest BCUT2D eigenvalue weighted by molar-refractivity contribution is 5.85. The quantitative estimate of drug-likeness (QED) is 0.475. The molecule has 0 bridgehead atoms. The van der Waals surface area contributed by atoms with Crippen LogP contribution in [0.15, 0.2) is 84.9 Å².